The van der Waals surface area contributed by atoms with E-state index in [-0.39, 0.29) is 12.0 Å². The van der Waals surface area contributed by atoms with Gasteiger partial charge in [-0.05, 0) is 31.0 Å². The molecule has 0 unspecified atom stereocenters. The van der Waals surface area contributed by atoms with Crippen molar-refractivity contribution in [2.75, 3.05) is 13.6 Å². The van der Waals surface area contributed by atoms with Gasteiger partial charge in [0.15, 0.2) is 0 Å². The van der Waals surface area contributed by atoms with E-state index in [1.54, 1.807) is 4.90 Å². The van der Waals surface area contributed by atoms with Crippen LogP contribution >= 0.6 is 0 Å². The number of aryl methyl sites for hydroxylation is 2. The summed E-state index contributed by atoms with van der Waals surface area (Å²) < 4.78 is 5.90. The van der Waals surface area contributed by atoms with Crippen molar-refractivity contribution in [3.8, 4) is 5.75 Å². The number of para-hydroxylation sites is 1. The van der Waals surface area contributed by atoms with Crippen molar-refractivity contribution < 1.29 is 9.53 Å². The molecule has 1 atom stereocenters. The molecule has 0 saturated carbocycles. The maximum absolute atomic E-state index is 12.3. The number of carbonyl (C=O) groups excluding carboxylic acids is 1. The van der Waals surface area contributed by atoms with Crippen LogP contribution in [0.1, 0.15) is 28.9 Å². The second kappa shape index (κ2) is 6.44. The highest BCUT2D eigenvalue weighted by molar-refractivity contribution is 5.76. The van der Waals surface area contributed by atoms with Crippen LogP contribution in [0.2, 0.25) is 0 Å². The third kappa shape index (κ3) is 3.38. The molecule has 3 rings (SSSR count). The monoisotopic (exact) mass is 313 g/mol. The van der Waals surface area contributed by atoms with Gasteiger partial charge in [0, 0.05) is 32.0 Å². The van der Waals surface area contributed by atoms with E-state index < -0.39 is 0 Å². The Morgan fingerprint density at radius 3 is 2.87 bits per heavy atom. The topological polar surface area (TPSA) is 58.2 Å². The summed E-state index contributed by atoms with van der Waals surface area (Å²) in [7, 11) is 1.84. The molecule has 2 aromatic rings. The van der Waals surface area contributed by atoms with Crippen molar-refractivity contribution >= 4 is 5.91 Å². The molecule has 1 aliphatic rings. The Labute approximate surface area is 136 Å². The minimum absolute atomic E-state index is 0.0516. The molecule has 0 fully saturated rings. The molecule has 1 N–H and O–H groups in total. The zero-order chi connectivity index (χ0) is 16.4. The predicted molar refractivity (Wildman–Crippen MR) is 88.6 cm³/mol. The summed E-state index contributed by atoms with van der Waals surface area (Å²) in [6.45, 7) is 4.65. The Morgan fingerprint density at radius 2 is 2.17 bits per heavy atom. The Balaban J connectivity index is 1.50. The van der Waals surface area contributed by atoms with Crippen LogP contribution in [0, 0.1) is 13.8 Å². The number of H-pyrrole nitrogens is 1. The van der Waals surface area contributed by atoms with Gasteiger partial charge in [0.1, 0.15) is 11.9 Å². The van der Waals surface area contributed by atoms with Crippen molar-refractivity contribution in [1.82, 2.24) is 15.1 Å². The first-order chi connectivity index (χ1) is 11.0. The lowest BCUT2D eigenvalue weighted by Gasteiger charge is -2.21. The van der Waals surface area contributed by atoms with Gasteiger partial charge in [-0.2, -0.15) is 5.10 Å². The van der Waals surface area contributed by atoms with Crippen molar-refractivity contribution in [3.63, 3.8) is 0 Å². The zero-order valence-corrected chi connectivity index (χ0v) is 13.9. The van der Waals surface area contributed by atoms with Gasteiger partial charge >= 0.3 is 0 Å². The van der Waals surface area contributed by atoms with E-state index in [2.05, 4.69) is 16.3 Å². The van der Waals surface area contributed by atoms with E-state index in [1.165, 1.54) is 5.56 Å². The molecular formula is C18H23N3O2. The van der Waals surface area contributed by atoms with Gasteiger partial charge in [-0.25, -0.2) is 0 Å². The van der Waals surface area contributed by atoms with Gasteiger partial charge in [-0.3, -0.25) is 9.89 Å². The number of aromatic amines is 1. The molecule has 0 saturated heterocycles. The number of amides is 1. The summed E-state index contributed by atoms with van der Waals surface area (Å²) >= 11 is 0. The van der Waals surface area contributed by atoms with Gasteiger partial charge in [0.05, 0.1) is 12.2 Å². The van der Waals surface area contributed by atoms with E-state index in [9.17, 15) is 4.79 Å². The smallest absolute Gasteiger partial charge is 0.222 e. The number of aromatic nitrogens is 2. The summed E-state index contributed by atoms with van der Waals surface area (Å²) in [5, 5.41) is 7.22. The quantitative estimate of drug-likeness (QED) is 0.922. The first-order valence-corrected chi connectivity index (χ1v) is 8.03. The second-order valence-electron chi connectivity index (χ2n) is 6.25. The van der Waals surface area contributed by atoms with E-state index in [0.29, 0.717) is 19.4 Å². The van der Waals surface area contributed by atoms with E-state index in [1.807, 2.05) is 39.1 Å². The number of carbonyl (C=O) groups is 1. The van der Waals surface area contributed by atoms with Crippen LogP contribution in [0.5, 0.6) is 5.75 Å². The molecule has 1 aliphatic heterocycles. The summed E-state index contributed by atoms with van der Waals surface area (Å²) in [6, 6.07) is 8.07. The van der Waals surface area contributed by atoms with Crippen molar-refractivity contribution in [2.24, 2.45) is 0 Å². The van der Waals surface area contributed by atoms with Gasteiger partial charge in [0.25, 0.3) is 0 Å². The van der Waals surface area contributed by atoms with Gasteiger partial charge in [-0.1, -0.05) is 18.2 Å². The second-order valence-corrected chi connectivity index (χ2v) is 6.25. The van der Waals surface area contributed by atoms with Gasteiger partial charge < -0.3 is 9.64 Å². The molecular weight excluding hydrogens is 290 g/mol. The third-order valence-corrected chi connectivity index (χ3v) is 4.55. The first-order valence-electron chi connectivity index (χ1n) is 8.03. The largest absolute Gasteiger partial charge is 0.488 e. The average molecular weight is 313 g/mol. The Morgan fingerprint density at radius 1 is 1.39 bits per heavy atom. The van der Waals surface area contributed by atoms with Gasteiger partial charge in [-0.15, -0.1) is 0 Å². The minimum Gasteiger partial charge on any atom is -0.488 e. The highest BCUT2D eigenvalue weighted by Gasteiger charge is 2.25. The fraction of sp³-hybridized carbons (Fsp3) is 0.444. The van der Waals surface area contributed by atoms with E-state index in [4.69, 9.17) is 4.74 Å². The van der Waals surface area contributed by atoms with Crippen LogP contribution in [0.4, 0.5) is 0 Å². The van der Waals surface area contributed by atoms with Gasteiger partial charge in [0.2, 0.25) is 5.91 Å². The minimum atomic E-state index is 0.0516. The zero-order valence-electron chi connectivity index (χ0n) is 13.9. The van der Waals surface area contributed by atoms with Crippen LogP contribution in [0.3, 0.4) is 0 Å². The molecule has 1 amide bonds. The molecule has 0 aliphatic carbocycles. The van der Waals surface area contributed by atoms with Crippen LogP contribution in [0.15, 0.2) is 24.3 Å². The van der Waals surface area contributed by atoms with Crippen LogP contribution < -0.4 is 4.74 Å². The van der Waals surface area contributed by atoms with Crippen molar-refractivity contribution in [2.45, 2.75) is 39.2 Å². The van der Waals surface area contributed by atoms with Crippen molar-refractivity contribution in [1.29, 1.82) is 0 Å². The number of likely N-dealkylation sites (N-methyl/N-ethyl adjacent to an activating group) is 1. The number of hydrogen-bond donors (Lipinski definition) is 1. The number of fused-ring (bicyclic) bond motifs is 1. The standard InChI is InChI=1S/C18H23N3O2/c1-12-13(2)19-20-16(12)8-9-18(22)21(3)11-15-10-14-6-4-5-7-17(14)23-15/h4-7,15H,8-11H2,1-3H3,(H,19,20)/t15-/m0/s1. The lowest BCUT2D eigenvalue weighted by atomic mass is 10.1. The molecule has 1 aromatic heterocycles. The Kier molecular flexibility index (Phi) is 4.37. The fourth-order valence-corrected chi connectivity index (χ4v) is 2.96. The molecule has 0 bridgehead atoms. The molecule has 0 radical (unpaired) electrons. The first kappa shape index (κ1) is 15.6. The number of nitrogens with zero attached hydrogens (tertiary/aromatic N) is 2. The summed E-state index contributed by atoms with van der Waals surface area (Å²) in [5.41, 5.74) is 4.42. The summed E-state index contributed by atoms with van der Waals surface area (Å²) in [4.78, 5) is 14.1. The fourth-order valence-electron chi connectivity index (χ4n) is 2.96. The maximum Gasteiger partial charge on any atom is 0.222 e. The number of nitrogens with one attached hydrogen (secondary N) is 1. The van der Waals surface area contributed by atoms with Crippen LogP contribution in [-0.4, -0.2) is 40.7 Å². The third-order valence-electron chi connectivity index (χ3n) is 4.55. The number of benzene rings is 1. The predicted octanol–water partition coefficient (Wildman–Crippen LogP) is 2.42. The Hall–Kier alpha value is -2.30. The Bertz CT molecular complexity index is 683. The van der Waals surface area contributed by atoms with E-state index in [0.717, 1.165) is 29.1 Å². The summed E-state index contributed by atoms with van der Waals surface area (Å²) in [5.74, 6) is 1.07. The summed E-state index contributed by atoms with van der Waals surface area (Å²) in [6.07, 6.45) is 2.06. The highest BCUT2D eigenvalue weighted by Crippen LogP contribution is 2.28. The van der Waals surface area contributed by atoms with Crippen LogP contribution in [-0.2, 0) is 17.6 Å². The lowest BCUT2D eigenvalue weighted by Crippen LogP contribution is -2.36. The number of ether oxygens (including phenoxy) is 1. The van der Waals surface area contributed by atoms with Crippen LogP contribution in [0.25, 0.3) is 0 Å². The average Bonchev–Trinajstić information content (AvgIpc) is 3.09. The number of rotatable bonds is 5. The van der Waals surface area contributed by atoms with Crippen molar-refractivity contribution in [3.05, 3.63) is 46.8 Å². The maximum atomic E-state index is 12.3. The molecule has 122 valence electrons. The highest BCUT2D eigenvalue weighted by atomic mass is 16.5. The SMILES string of the molecule is Cc1[nH]nc(CCC(=O)N(C)C[C@@H]2Cc3ccccc3O2)c1C. The normalized spacial score (nSPS) is 16.0. The molecule has 1 aromatic carbocycles. The molecule has 5 nitrogen and oxygen atoms in total. The molecule has 0 spiro atoms. The molecule has 5 heteroatoms. The molecule has 23 heavy (non-hydrogen) atoms. The lowest BCUT2D eigenvalue weighted by molar-refractivity contribution is -0.130. The number of hydrogen-bond acceptors (Lipinski definition) is 3. The molecule has 2 heterocycles. The van der Waals surface area contributed by atoms with E-state index >= 15 is 0 Å².